The fourth-order valence-corrected chi connectivity index (χ4v) is 2.72. The first-order valence-electron chi connectivity index (χ1n) is 5.58. The van der Waals surface area contributed by atoms with Crippen molar-refractivity contribution in [3.05, 3.63) is 24.0 Å². The van der Waals surface area contributed by atoms with Crippen molar-refractivity contribution in [1.29, 1.82) is 0 Å². The van der Waals surface area contributed by atoms with Gasteiger partial charge in [-0.05, 0) is 24.6 Å². The Hall–Kier alpha value is -0.900. The molecule has 0 aliphatic rings. The lowest BCUT2D eigenvalue weighted by Gasteiger charge is -2.05. The van der Waals surface area contributed by atoms with Gasteiger partial charge in [0.15, 0.2) is 0 Å². The van der Waals surface area contributed by atoms with Crippen LogP contribution in [0.2, 0.25) is 0 Å². The molecule has 0 amide bonds. The summed E-state index contributed by atoms with van der Waals surface area (Å²) in [6, 6.07) is 4.04. The molecule has 0 fully saturated rings. The molecular formula is C12H18FNOS. The first kappa shape index (κ1) is 13.2. The lowest BCUT2D eigenvalue weighted by Crippen LogP contribution is -2.02. The van der Waals surface area contributed by atoms with E-state index in [9.17, 15) is 8.60 Å². The van der Waals surface area contributed by atoms with Crippen LogP contribution < -0.4 is 5.73 Å². The Kier molecular flexibility index (Phi) is 5.46. The molecule has 0 aromatic heterocycles. The van der Waals surface area contributed by atoms with E-state index in [-0.39, 0.29) is 11.5 Å². The Labute approximate surface area is 98.5 Å². The zero-order chi connectivity index (χ0) is 12.0. The van der Waals surface area contributed by atoms with E-state index in [1.54, 1.807) is 0 Å². The van der Waals surface area contributed by atoms with Gasteiger partial charge in [-0.1, -0.05) is 26.2 Å². The summed E-state index contributed by atoms with van der Waals surface area (Å²) in [5.41, 5.74) is 5.91. The third-order valence-electron chi connectivity index (χ3n) is 2.40. The second-order valence-corrected chi connectivity index (χ2v) is 5.33. The average Bonchev–Trinajstić information content (AvgIpc) is 2.24. The average molecular weight is 243 g/mol. The van der Waals surface area contributed by atoms with Crippen LogP contribution in [-0.4, -0.2) is 9.96 Å². The molecule has 0 spiro atoms. The number of anilines is 1. The molecule has 0 bridgehead atoms. The first-order valence-corrected chi connectivity index (χ1v) is 6.90. The molecule has 0 saturated carbocycles. The largest absolute Gasteiger partial charge is 0.398 e. The van der Waals surface area contributed by atoms with Crippen molar-refractivity contribution in [2.24, 2.45) is 0 Å². The number of rotatable bonds is 6. The smallest absolute Gasteiger partial charge is 0.125 e. The van der Waals surface area contributed by atoms with Crippen molar-refractivity contribution in [1.82, 2.24) is 0 Å². The van der Waals surface area contributed by atoms with Gasteiger partial charge in [0.1, 0.15) is 5.82 Å². The highest BCUT2D eigenvalue weighted by molar-refractivity contribution is 7.85. The molecule has 0 aliphatic heterocycles. The normalized spacial score (nSPS) is 12.6. The number of nitrogens with two attached hydrogens (primary N) is 1. The monoisotopic (exact) mass is 243 g/mol. The van der Waals surface area contributed by atoms with Gasteiger partial charge in [-0.25, -0.2) is 4.39 Å². The van der Waals surface area contributed by atoms with Gasteiger partial charge in [0.25, 0.3) is 0 Å². The van der Waals surface area contributed by atoms with Gasteiger partial charge in [-0.2, -0.15) is 0 Å². The summed E-state index contributed by atoms with van der Waals surface area (Å²) in [6.45, 7) is 2.13. The molecule has 16 heavy (non-hydrogen) atoms. The summed E-state index contributed by atoms with van der Waals surface area (Å²) < 4.78 is 24.6. The van der Waals surface area contributed by atoms with Crippen molar-refractivity contribution in [2.75, 3.05) is 11.5 Å². The molecule has 0 aliphatic carbocycles. The zero-order valence-corrected chi connectivity index (χ0v) is 10.4. The Balaban J connectivity index is 2.53. The van der Waals surface area contributed by atoms with Crippen molar-refractivity contribution in [3.63, 3.8) is 0 Å². The second-order valence-electron chi connectivity index (χ2n) is 3.79. The summed E-state index contributed by atoms with van der Waals surface area (Å²) >= 11 is 0. The Morgan fingerprint density at radius 1 is 1.31 bits per heavy atom. The number of halogens is 1. The van der Waals surface area contributed by atoms with Crippen molar-refractivity contribution in [2.45, 2.75) is 37.5 Å². The van der Waals surface area contributed by atoms with E-state index >= 15 is 0 Å². The summed E-state index contributed by atoms with van der Waals surface area (Å²) in [7, 11) is -1.10. The number of hydrogen-bond acceptors (Lipinski definition) is 2. The maximum atomic E-state index is 12.8. The van der Waals surface area contributed by atoms with Gasteiger partial charge < -0.3 is 5.73 Å². The van der Waals surface area contributed by atoms with E-state index in [1.165, 1.54) is 18.2 Å². The fraction of sp³-hybridized carbons (Fsp3) is 0.500. The van der Waals surface area contributed by atoms with Gasteiger partial charge in [0.05, 0.1) is 21.4 Å². The highest BCUT2D eigenvalue weighted by Gasteiger charge is 2.08. The van der Waals surface area contributed by atoms with Gasteiger partial charge >= 0.3 is 0 Å². The molecule has 0 radical (unpaired) electrons. The van der Waals surface area contributed by atoms with E-state index < -0.39 is 10.8 Å². The van der Waals surface area contributed by atoms with Gasteiger partial charge in [-0.15, -0.1) is 0 Å². The van der Waals surface area contributed by atoms with Crippen LogP contribution in [0.15, 0.2) is 23.1 Å². The fourth-order valence-electron chi connectivity index (χ4n) is 1.50. The molecule has 90 valence electrons. The van der Waals surface area contributed by atoms with Crippen LogP contribution in [0.25, 0.3) is 0 Å². The van der Waals surface area contributed by atoms with Crippen LogP contribution in [0.3, 0.4) is 0 Å². The third kappa shape index (κ3) is 3.93. The van der Waals surface area contributed by atoms with E-state index in [0.29, 0.717) is 10.6 Å². The Bertz CT molecular complexity index is 368. The SMILES string of the molecule is CCCCCCS(=O)c1ccc(F)cc1N. The van der Waals surface area contributed by atoms with E-state index in [4.69, 9.17) is 5.73 Å². The second kappa shape index (κ2) is 6.63. The predicted octanol–water partition coefficient (Wildman–Crippen LogP) is 3.10. The zero-order valence-electron chi connectivity index (χ0n) is 9.54. The summed E-state index contributed by atoms with van der Waals surface area (Å²) in [4.78, 5) is 0.554. The van der Waals surface area contributed by atoms with Gasteiger partial charge in [-0.3, -0.25) is 4.21 Å². The molecule has 1 rings (SSSR count). The van der Waals surface area contributed by atoms with Crippen molar-refractivity contribution < 1.29 is 8.60 Å². The minimum Gasteiger partial charge on any atom is -0.398 e. The lowest BCUT2D eigenvalue weighted by molar-refractivity contribution is 0.627. The minimum atomic E-state index is -1.10. The van der Waals surface area contributed by atoms with Crippen LogP contribution in [0.1, 0.15) is 32.6 Å². The van der Waals surface area contributed by atoms with Gasteiger partial charge in [0.2, 0.25) is 0 Å². The molecule has 1 aromatic carbocycles. The first-order chi connectivity index (χ1) is 7.65. The van der Waals surface area contributed by atoms with E-state index in [2.05, 4.69) is 6.92 Å². The summed E-state index contributed by atoms with van der Waals surface area (Å²) in [5.74, 6) is 0.222. The third-order valence-corrected chi connectivity index (χ3v) is 3.92. The predicted molar refractivity (Wildman–Crippen MR) is 66.2 cm³/mol. The van der Waals surface area contributed by atoms with Crippen LogP contribution in [0, 0.1) is 5.82 Å². The van der Waals surface area contributed by atoms with Crippen LogP contribution in [-0.2, 0) is 10.8 Å². The molecular weight excluding hydrogens is 225 g/mol. The highest BCUT2D eigenvalue weighted by Crippen LogP contribution is 2.18. The number of nitrogen functional groups attached to an aromatic ring is 1. The van der Waals surface area contributed by atoms with Crippen LogP contribution >= 0.6 is 0 Å². The molecule has 4 heteroatoms. The maximum absolute atomic E-state index is 12.8. The topological polar surface area (TPSA) is 43.1 Å². The quantitative estimate of drug-likeness (QED) is 0.616. The molecule has 1 unspecified atom stereocenters. The minimum absolute atomic E-state index is 0.286. The summed E-state index contributed by atoms with van der Waals surface area (Å²) in [5, 5.41) is 0. The Morgan fingerprint density at radius 3 is 2.69 bits per heavy atom. The molecule has 0 saturated heterocycles. The molecule has 1 aromatic rings. The number of benzene rings is 1. The number of unbranched alkanes of at least 4 members (excludes halogenated alkanes) is 3. The van der Waals surface area contributed by atoms with Crippen molar-refractivity contribution >= 4 is 16.5 Å². The van der Waals surface area contributed by atoms with E-state index in [1.807, 2.05) is 0 Å². The molecule has 2 nitrogen and oxygen atoms in total. The lowest BCUT2D eigenvalue weighted by atomic mass is 10.2. The van der Waals surface area contributed by atoms with E-state index in [0.717, 1.165) is 25.7 Å². The molecule has 0 heterocycles. The molecule has 1 atom stereocenters. The number of hydrogen-bond donors (Lipinski definition) is 1. The highest BCUT2D eigenvalue weighted by atomic mass is 32.2. The Morgan fingerprint density at radius 2 is 2.06 bits per heavy atom. The van der Waals surface area contributed by atoms with Crippen molar-refractivity contribution in [3.8, 4) is 0 Å². The van der Waals surface area contributed by atoms with Crippen LogP contribution in [0.5, 0.6) is 0 Å². The van der Waals surface area contributed by atoms with Gasteiger partial charge in [0, 0.05) is 5.75 Å². The standard InChI is InChI=1S/C12H18FNOS/c1-2-3-4-5-8-16(15)12-7-6-10(13)9-11(12)14/h6-7,9H,2-5,8,14H2,1H3. The van der Waals surface area contributed by atoms with Crippen LogP contribution in [0.4, 0.5) is 10.1 Å². The molecule has 2 N–H and O–H groups in total. The maximum Gasteiger partial charge on any atom is 0.125 e. The summed E-state index contributed by atoms with van der Waals surface area (Å²) in [6.07, 6.45) is 4.34.